The van der Waals surface area contributed by atoms with Gasteiger partial charge in [-0.1, -0.05) is 18.2 Å². The van der Waals surface area contributed by atoms with E-state index in [4.69, 9.17) is 5.11 Å². The van der Waals surface area contributed by atoms with Crippen molar-refractivity contribution in [2.75, 3.05) is 6.54 Å². The summed E-state index contributed by atoms with van der Waals surface area (Å²) in [7, 11) is 0. The average molecular weight is 275 g/mol. The van der Waals surface area contributed by atoms with Gasteiger partial charge in [0, 0.05) is 6.54 Å². The Balaban J connectivity index is 2.59. The lowest BCUT2D eigenvalue weighted by molar-refractivity contribution is -0.141. The highest BCUT2D eigenvalue weighted by Crippen LogP contribution is 2.31. The molecule has 0 aliphatic heterocycles. The zero-order chi connectivity index (χ0) is 14.5. The van der Waals surface area contributed by atoms with Crippen LogP contribution in [-0.4, -0.2) is 23.5 Å². The molecule has 0 saturated carbocycles. The number of carboxylic acids is 1. The Labute approximate surface area is 107 Å². The van der Waals surface area contributed by atoms with E-state index < -0.39 is 30.0 Å². The Morgan fingerprint density at radius 3 is 2.42 bits per heavy atom. The van der Waals surface area contributed by atoms with Crippen molar-refractivity contribution in [3.8, 4) is 0 Å². The zero-order valence-electron chi connectivity index (χ0n) is 9.83. The Kier molecular flexibility index (Phi) is 4.91. The molecule has 0 unspecified atom stereocenters. The molecule has 1 aromatic carbocycles. The minimum atomic E-state index is -4.44. The maximum absolute atomic E-state index is 12.6. The third-order valence-corrected chi connectivity index (χ3v) is 2.35. The molecule has 19 heavy (non-hydrogen) atoms. The summed E-state index contributed by atoms with van der Waals surface area (Å²) in [6.45, 7) is -0.0425. The second-order valence-corrected chi connectivity index (χ2v) is 3.83. The Hall–Kier alpha value is -2.05. The molecular weight excluding hydrogens is 263 g/mol. The summed E-state index contributed by atoms with van der Waals surface area (Å²) in [5.41, 5.74) is -0.687. The molecule has 0 bridgehead atoms. The van der Waals surface area contributed by atoms with Crippen molar-refractivity contribution < 1.29 is 27.9 Å². The molecule has 4 nitrogen and oxygen atoms in total. The number of rotatable bonds is 5. The molecule has 0 aliphatic carbocycles. The molecule has 2 N–H and O–H groups in total. The van der Waals surface area contributed by atoms with Crippen molar-refractivity contribution in [2.24, 2.45) is 0 Å². The minimum Gasteiger partial charge on any atom is -0.481 e. The summed E-state index contributed by atoms with van der Waals surface area (Å²) >= 11 is 0. The minimum absolute atomic E-state index is 0.0129. The van der Waals surface area contributed by atoms with Crippen LogP contribution in [-0.2, 0) is 22.2 Å². The molecule has 104 valence electrons. The van der Waals surface area contributed by atoms with Gasteiger partial charge in [-0.05, 0) is 18.1 Å². The van der Waals surface area contributed by atoms with Crippen LogP contribution in [0.15, 0.2) is 24.3 Å². The van der Waals surface area contributed by atoms with E-state index in [-0.39, 0.29) is 18.5 Å². The Morgan fingerprint density at radius 2 is 1.84 bits per heavy atom. The lowest BCUT2D eigenvalue weighted by Crippen LogP contribution is -2.28. The molecule has 0 aromatic heterocycles. The van der Waals surface area contributed by atoms with Gasteiger partial charge in [-0.3, -0.25) is 9.59 Å². The standard InChI is InChI=1S/C12H12F3NO3/c13-12(14,15)9-4-2-1-3-8(9)5-6-16-10(17)7-11(18)19/h1-4H,5-7H2,(H,16,17)(H,18,19). The summed E-state index contributed by atoms with van der Waals surface area (Å²) in [5, 5.41) is 10.6. The fourth-order valence-corrected chi connectivity index (χ4v) is 1.55. The number of amides is 1. The van der Waals surface area contributed by atoms with Crippen molar-refractivity contribution >= 4 is 11.9 Å². The quantitative estimate of drug-likeness (QED) is 0.806. The van der Waals surface area contributed by atoms with Gasteiger partial charge in [0.1, 0.15) is 6.42 Å². The van der Waals surface area contributed by atoms with Crippen molar-refractivity contribution in [1.29, 1.82) is 0 Å². The monoisotopic (exact) mass is 275 g/mol. The molecule has 0 fully saturated rings. The van der Waals surface area contributed by atoms with Crippen LogP contribution < -0.4 is 5.32 Å². The number of carboxylic acid groups (broad SMARTS) is 1. The fourth-order valence-electron chi connectivity index (χ4n) is 1.55. The maximum atomic E-state index is 12.6. The van der Waals surface area contributed by atoms with Crippen LogP contribution >= 0.6 is 0 Å². The van der Waals surface area contributed by atoms with Gasteiger partial charge >= 0.3 is 12.1 Å². The molecular formula is C12H12F3NO3. The van der Waals surface area contributed by atoms with Gasteiger partial charge in [0.2, 0.25) is 5.91 Å². The van der Waals surface area contributed by atoms with Gasteiger partial charge in [0.15, 0.2) is 0 Å². The smallest absolute Gasteiger partial charge is 0.416 e. The largest absolute Gasteiger partial charge is 0.481 e. The van der Waals surface area contributed by atoms with Gasteiger partial charge in [0.05, 0.1) is 5.56 Å². The molecule has 1 rings (SSSR count). The summed E-state index contributed by atoms with van der Waals surface area (Å²) in [4.78, 5) is 21.2. The van der Waals surface area contributed by atoms with E-state index in [2.05, 4.69) is 5.32 Å². The van der Waals surface area contributed by atoms with Crippen LogP contribution in [0.5, 0.6) is 0 Å². The molecule has 0 saturated heterocycles. The van der Waals surface area contributed by atoms with Gasteiger partial charge in [-0.2, -0.15) is 13.2 Å². The van der Waals surface area contributed by atoms with Crippen molar-refractivity contribution in [2.45, 2.75) is 19.0 Å². The summed E-state index contributed by atoms with van der Waals surface area (Å²) < 4.78 is 37.9. The number of hydrogen-bond acceptors (Lipinski definition) is 2. The second kappa shape index (κ2) is 6.21. The number of carbonyl (C=O) groups excluding carboxylic acids is 1. The summed E-state index contributed by atoms with van der Waals surface area (Å²) in [6.07, 6.45) is -5.15. The highest BCUT2D eigenvalue weighted by Gasteiger charge is 2.32. The van der Waals surface area contributed by atoms with Gasteiger partial charge in [-0.15, -0.1) is 0 Å². The zero-order valence-corrected chi connectivity index (χ0v) is 9.83. The van der Waals surface area contributed by atoms with Gasteiger partial charge in [-0.25, -0.2) is 0 Å². The van der Waals surface area contributed by atoms with Gasteiger partial charge in [0.25, 0.3) is 0 Å². The first kappa shape index (κ1) is 15.0. The highest BCUT2D eigenvalue weighted by atomic mass is 19.4. The first-order valence-corrected chi connectivity index (χ1v) is 5.44. The molecule has 0 atom stereocenters. The number of benzene rings is 1. The first-order valence-electron chi connectivity index (χ1n) is 5.44. The molecule has 1 aromatic rings. The van der Waals surface area contributed by atoms with E-state index in [0.717, 1.165) is 6.07 Å². The predicted octanol–water partition coefficient (Wildman–Crippen LogP) is 1.84. The summed E-state index contributed by atoms with van der Waals surface area (Å²) in [5.74, 6) is -2.01. The Morgan fingerprint density at radius 1 is 1.21 bits per heavy atom. The third kappa shape index (κ3) is 4.99. The number of alkyl halides is 3. The van der Waals surface area contributed by atoms with Crippen LogP contribution in [0.1, 0.15) is 17.5 Å². The van der Waals surface area contributed by atoms with E-state index in [0.29, 0.717) is 0 Å². The van der Waals surface area contributed by atoms with Crippen LogP contribution in [0.4, 0.5) is 13.2 Å². The van der Waals surface area contributed by atoms with E-state index in [1.165, 1.54) is 18.2 Å². The van der Waals surface area contributed by atoms with E-state index in [1.54, 1.807) is 0 Å². The number of halogens is 3. The van der Waals surface area contributed by atoms with Crippen molar-refractivity contribution in [1.82, 2.24) is 5.32 Å². The lowest BCUT2D eigenvalue weighted by atomic mass is 10.0. The lowest BCUT2D eigenvalue weighted by Gasteiger charge is -2.12. The van der Waals surface area contributed by atoms with E-state index in [9.17, 15) is 22.8 Å². The number of aliphatic carboxylic acids is 1. The molecule has 0 spiro atoms. The average Bonchev–Trinajstić information content (AvgIpc) is 2.27. The fraction of sp³-hybridized carbons (Fsp3) is 0.333. The number of nitrogens with one attached hydrogen (secondary N) is 1. The second-order valence-electron chi connectivity index (χ2n) is 3.83. The maximum Gasteiger partial charge on any atom is 0.416 e. The first-order chi connectivity index (χ1) is 8.80. The molecule has 0 heterocycles. The van der Waals surface area contributed by atoms with E-state index >= 15 is 0 Å². The Bertz CT molecular complexity index is 472. The molecule has 1 amide bonds. The molecule has 0 radical (unpaired) electrons. The van der Waals surface area contributed by atoms with Crippen LogP contribution in [0, 0.1) is 0 Å². The van der Waals surface area contributed by atoms with E-state index in [1.807, 2.05) is 0 Å². The normalized spacial score (nSPS) is 11.1. The van der Waals surface area contributed by atoms with Crippen LogP contribution in [0.25, 0.3) is 0 Å². The predicted molar refractivity (Wildman–Crippen MR) is 60.4 cm³/mol. The number of carbonyl (C=O) groups is 2. The van der Waals surface area contributed by atoms with Crippen molar-refractivity contribution in [3.63, 3.8) is 0 Å². The summed E-state index contributed by atoms with van der Waals surface area (Å²) in [6, 6.07) is 5.06. The topological polar surface area (TPSA) is 66.4 Å². The number of hydrogen-bond donors (Lipinski definition) is 2. The van der Waals surface area contributed by atoms with Crippen LogP contribution in [0.3, 0.4) is 0 Å². The highest BCUT2D eigenvalue weighted by molar-refractivity contribution is 5.93. The molecule has 7 heteroatoms. The van der Waals surface area contributed by atoms with Crippen LogP contribution in [0.2, 0.25) is 0 Å². The van der Waals surface area contributed by atoms with Crippen molar-refractivity contribution in [3.05, 3.63) is 35.4 Å². The third-order valence-electron chi connectivity index (χ3n) is 2.35. The SMILES string of the molecule is O=C(O)CC(=O)NCCc1ccccc1C(F)(F)F. The van der Waals surface area contributed by atoms with Gasteiger partial charge < -0.3 is 10.4 Å². The molecule has 0 aliphatic rings.